The highest BCUT2D eigenvalue weighted by molar-refractivity contribution is 5.77. The first-order valence-electron chi connectivity index (χ1n) is 5.26. The molecule has 1 saturated heterocycles. The summed E-state index contributed by atoms with van der Waals surface area (Å²) in [6.07, 6.45) is 1.35. The van der Waals surface area contributed by atoms with Crippen LogP contribution in [0.3, 0.4) is 0 Å². The molecule has 1 fully saturated rings. The van der Waals surface area contributed by atoms with Crippen LogP contribution < -0.4 is 0 Å². The van der Waals surface area contributed by atoms with Gasteiger partial charge >= 0.3 is 0 Å². The van der Waals surface area contributed by atoms with E-state index >= 15 is 0 Å². The predicted molar refractivity (Wildman–Crippen MR) is 56.4 cm³/mol. The Kier molecular flexibility index (Phi) is 3.67. The standard InChI is InChI=1S/C11H21NO2/c1-9(13)7-12-6-5-10(8-12)14-11(2,3)4/h10H,5-8H2,1-4H3. The van der Waals surface area contributed by atoms with E-state index in [1.165, 1.54) is 0 Å². The molecule has 0 radical (unpaired) electrons. The fraction of sp³-hybridized carbons (Fsp3) is 0.909. The van der Waals surface area contributed by atoms with E-state index in [1.54, 1.807) is 6.92 Å². The number of carbonyl (C=O) groups is 1. The third kappa shape index (κ3) is 4.20. The molecule has 1 unspecified atom stereocenters. The second-order valence-electron chi connectivity index (χ2n) is 5.08. The number of hydrogen-bond acceptors (Lipinski definition) is 3. The zero-order chi connectivity index (χ0) is 10.8. The Morgan fingerprint density at radius 1 is 1.50 bits per heavy atom. The number of hydrogen-bond donors (Lipinski definition) is 0. The van der Waals surface area contributed by atoms with Crippen LogP contribution in [0.1, 0.15) is 34.1 Å². The van der Waals surface area contributed by atoms with Crippen molar-refractivity contribution in [2.75, 3.05) is 19.6 Å². The Bertz CT molecular complexity index is 208. The number of carbonyl (C=O) groups excluding carboxylic acids is 1. The van der Waals surface area contributed by atoms with Crippen molar-refractivity contribution in [1.29, 1.82) is 0 Å². The second-order valence-corrected chi connectivity index (χ2v) is 5.08. The molecule has 0 aromatic heterocycles. The molecule has 0 saturated carbocycles. The van der Waals surface area contributed by atoms with Gasteiger partial charge in [0.1, 0.15) is 5.78 Å². The van der Waals surface area contributed by atoms with Crippen LogP contribution in [0.5, 0.6) is 0 Å². The molecule has 82 valence electrons. The van der Waals surface area contributed by atoms with Gasteiger partial charge in [-0.1, -0.05) is 0 Å². The first-order chi connectivity index (χ1) is 6.37. The van der Waals surface area contributed by atoms with E-state index in [-0.39, 0.29) is 11.4 Å². The van der Waals surface area contributed by atoms with Crippen molar-refractivity contribution < 1.29 is 9.53 Å². The fourth-order valence-corrected chi connectivity index (χ4v) is 1.85. The van der Waals surface area contributed by atoms with Gasteiger partial charge in [-0.15, -0.1) is 0 Å². The minimum Gasteiger partial charge on any atom is -0.371 e. The van der Waals surface area contributed by atoms with E-state index in [1.807, 2.05) is 0 Å². The number of rotatable bonds is 3. The van der Waals surface area contributed by atoms with E-state index in [9.17, 15) is 4.79 Å². The van der Waals surface area contributed by atoms with Crippen LogP contribution in [0.15, 0.2) is 0 Å². The minimum atomic E-state index is -0.0725. The highest BCUT2D eigenvalue weighted by Gasteiger charge is 2.27. The Balaban J connectivity index is 2.31. The quantitative estimate of drug-likeness (QED) is 0.689. The fourth-order valence-electron chi connectivity index (χ4n) is 1.85. The van der Waals surface area contributed by atoms with Gasteiger partial charge in [0.2, 0.25) is 0 Å². The van der Waals surface area contributed by atoms with Crippen LogP contribution in [0.4, 0.5) is 0 Å². The smallest absolute Gasteiger partial charge is 0.143 e. The van der Waals surface area contributed by atoms with E-state index in [0.29, 0.717) is 12.6 Å². The lowest BCUT2D eigenvalue weighted by molar-refractivity contribution is -0.118. The highest BCUT2D eigenvalue weighted by atomic mass is 16.5. The third-order valence-corrected chi connectivity index (χ3v) is 2.20. The van der Waals surface area contributed by atoms with Gasteiger partial charge in [0, 0.05) is 13.1 Å². The lowest BCUT2D eigenvalue weighted by atomic mass is 10.2. The molecule has 3 heteroatoms. The van der Waals surface area contributed by atoms with Crippen molar-refractivity contribution in [2.45, 2.75) is 45.8 Å². The number of ketones is 1. The van der Waals surface area contributed by atoms with Crippen molar-refractivity contribution in [3.8, 4) is 0 Å². The average molecular weight is 199 g/mol. The van der Waals surface area contributed by atoms with Crippen molar-refractivity contribution >= 4 is 5.78 Å². The van der Waals surface area contributed by atoms with Crippen molar-refractivity contribution in [3.63, 3.8) is 0 Å². The Hall–Kier alpha value is -0.410. The van der Waals surface area contributed by atoms with E-state index in [2.05, 4.69) is 25.7 Å². The Morgan fingerprint density at radius 2 is 2.14 bits per heavy atom. The lowest BCUT2D eigenvalue weighted by Crippen LogP contribution is -2.31. The van der Waals surface area contributed by atoms with Crippen LogP contribution in [0, 0.1) is 0 Å². The molecule has 3 nitrogen and oxygen atoms in total. The maximum atomic E-state index is 10.9. The number of Topliss-reactive ketones (excluding diaryl/α,β-unsaturated/α-hetero) is 1. The monoisotopic (exact) mass is 199 g/mol. The lowest BCUT2D eigenvalue weighted by Gasteiger charge is -2.24. The molecule has 0 aliphatic carbocycles. The molecule has 0 N–H and O–H groups in total. The van der Waals surface area contributed by atoms with Gasteiger partial charge < -0.3 is 4.74 Å². The molecule has 1 aliphatic heterocycles. The van der Waals surface area contributed by atoms with Crippen molar-refractivity contribution in [3.05, 3.63) is 0 Å². The summed E-state index contributed by atoms with van der Waals surface area (Å²) in [5.41, 5.74) is -0.0725. The predicted octanol–water partition coefficient (Wildman–Crippen LogP) is 1.46. The van der Waals surface area contributed by atoms with Gasteiger partial charge in [0.15, 0.2) is 0 Å². The largest absolute Gasteiger partial charge is 0.371 e. The normalized spacial score (nSPS) is 24.1. The molecule has 1 aliphatic rings. The average Bonchev–Trinajstić information content (AvgIpc) is 2.30. The molecule has 14 heavy (non-hydrogen) atoms. The summed E-state index contributed by atoms with van der Waals surface area (Å²) >= 11 is 0. The molecule has 1 atom stereocenters. The SMILES string of the molecule is CC(=O)CN1CCC(OC(C)(C)C)C1. The molecular formula is C11H21NO2. The second kappa shape index (κ2) is 4.41. The maximum absolute atomic E-state index is 10.9. The summed E-state index contributed by atoms with van der Waals surface area (Å²) < 4.78 is 5.86. The number of likely N-dealkylation sites (tertiary alicyclic amines) is 1. The van der Waals surface area contributed by atoms with Crippen LogP contribution in [0.25, 0.3) is 0 Å². The Labute approximate surface area is 86.4 Å². The molecule has 0 amide bonds. The molecule has 1 heterocycles. The topological polar surface area (TPSA) is 29.5 Å². The summed E-state index contributed by atoms with van der Waals surface area (Å²) in [5, 5.41) is 0. The number of nitrogens with zero attached hydrogens (tertiary/aromatic N) is 1. The van der Waals surface area contributed by atoms with Crippen molar-refractivity contribution in [2.24, 2.45) is 0 Å². The molecule has 0 bridgehead atoms. The van der Waals surface area contributed by atoms with Crippen LogP contribution in [-0.2, 0) is 9.53 Å². The minimum absolute atomic E-state index is 0.0725. The summed E-state index contributed by atoms with van der Waals surface area (Å²) in [4.78, 5) is 13.1. The van der Waals surface area contributed by atoms with E-state index in [0.717, 1.165) is 19.5 Å². The maximum Gasteiger partial charge on any atom is 0.143 e. The summed E-state index contributed by atoms with van der Waals surface area (Å²) in [5.74, 6) is 0.237. The van der Waals surface area contributed by atoms with Crippen LogP contribution in [-0.4, -0.2) is 42.0 Å². The molecule has 0 aromatic carbocycles. The molecule has 0 aromatic rings. The van der Waals surface area contributed by atoms with Gasteiger partial charge in [0.05, 0.1) is 18.2 Å². The van der Waals surface area contributed by atoms with E-state index < -0.39 is 0 Å². The number of ether oxygens (including phenoxy) is 1. The van der Waals surface area contributed by atoms with Gasteiger partial charge in [-0.2, -0.15) is 0 Å². The van der Waals surface area contributed by atoms with Crippen molar-refractivity contribution in [1.82, 2.24) is 4.90 Å². The molecular weight excluding hydrogens is 178 g/mol. The highest BCUT2D eigenvalue weighted by Crippen LogP contribution is 2.18. The Morgan fingerprint density at radius 3 is 2.64 bits per heavy atom. The first kappa shape index (κ1) is 11.7. The summed E-state index contributed by atoms with van der Waals surface area (Å²) in [6, 6.07) is 0. The van der Waals surface area contributed by atoms with Gasteiger partial charge in [-0.25, -0.2) is 0 Å². The molecule has 0 spiro atoms. The van der Waals surface area contributed by atoms with Crippen LogP contribution >= 0.6 is 0 Å². The zero-order valence-electron chi connectivity index (χ0n) is 9.67. The molecule has 1 rings (SSSR count). The van der Waals surface area contributed by atoms with Gasteiger partial charge in [0.25, 0.3) is 0 Å². The third-order valence-electron chi connectivity index (χ3n) is 2.20. The van der Waals surface area contributed by atoms with Gasteiger partial charge in [-0.05, 0) is 34.1 Å². The van der Waals surface area contributed by atoms with Crippen LogP contribution in [0.2, 0.25) is 0 Å². The van der Waals surface area contributed by atoms with E-state index in [4.69, 9.17) is 4.74 Å². The summed E-state index contributed by atoms with van der Waals surface area (Å²) in [6.45, 7) is 10.3. The summed E-state index contributed by atoms with van der Waals surface area (Å²) in [7, 11) is 0. The zero-order valence-corrected chi connectivity index (χ0v) is 9.67. The van der Waals surface area contributed by atoms with Gasteiger partial charge in [-0.3, -0.25) is 9.69 Å². The first-order valence-corrected chi connectivity index (χ1v) is 5.26.